The lowest BCUT2D eigenvalue weighted by Gasteiger charge is -2.10. The van der Waals surface area contributed by atoms with Gasteiger partial charge >= 0.3 is 0 Å². The van der Waals surface area contributed by atoms with Gasteiger partial charge in [-0.1, -0.05) is 12.1 Å². The quantitative estimate of drug-likeness (QED) is 0.627. The maximum absolute atomic E-state index is 11.9. The van der Waals surface area contributed by atoms with Gasteiger partial charge in [0, 0.05) is 30.8 Å². The fourth-order valence-corrected chi connectivity index (χ4v) is 2.50. The average molecular weight is 331 g/mol. The molecule has 126 valence electrons. The van der Waals surface area contributed by atoms with Gasteiger partial charge in [0.15, 0.2) is 5.82 Å². The van der Waals surface area contributed by atoms with E-state index in [0.717, 1.165) is 19.4 Å². The number of ether oxygens (including phenoxy) is 1. The molecular formula is C15H17N5O4. The SMILES string of the molecule is O=C(Cn1cnc(-c2cccc([N+](=O)[O-])c2)n1)NCC1CCCO1. The Labute approximate surface area is 137 Å². The van der Waals surface area contributed by atoms with E-state index in [1.807, 2.05) is 0 Å². The van der Waals surface area contributed by atoms with Crippen molar-refractivity contribution in [3.8, 4) is 11.4 Å². The molecule has 0 saturated carbocycles. The van der Waals surface area contributed by atoms with Crippen LogP contribution in [0.15, 0.2) is 30.6 Å². The molecule has 2 heterocycles. The molecular weight excluding hydrogens is 314 g/mol. The maximum Gasteiger partial charge on any atom is 0.270 e. The lowest BCUT2D eigenvalue weighted by molar-refractivity contribution is -0.384. The largest absolute Gasteiger partial charge is 0.376 e. The zero-order valence-electron chi connectivity index (χ0n) is 12.9. The van der Waals surface area contributed by atoms with Crippen LogP contribution in [0, 0.1) is 10.1 Å². The number of amides is 1. The summed E-state index contributed by atoms with van der Waals surface area (Å²) in [4.78, 5) is 26.4. The smallest absolute Gasteiger partial charge is 0.270 e. The first kappa shape index (κ1) is 16.1. The third-order valence-corrected chi connectivity index (χ3v) is 3.71. The Bertz CT molecular complexity index is 739. The minimum atomic E-state index is -0.473. The predicted molar refractivity (Wildman–Crippen MR) is 84.1 cm³/mol. The molecule has 0 spiro atoms. The molecule has 1 N–H and O–H groups in total. The van der Waals surface area contributed by atoms with Crippen molar-refractivity contribution in [2.75, 3.05) is 13.2 Å². The highest BCUT2D eigenvalue weighted by molar-refractivity contribution is 5.75. The Morgan fingerprint density at radius 1 is 1.50 bits per heavy atom. The van der Waals surface area contributed by atoms with Crippen molar-refractivity contribution in [3.05, 3.63) is 40.7 Å². The molecule has 3 rings (SSSR count). The van der Waals surface area contributed by atoms with Crippen LogP contribution in [-0.2, 0) is 16.1 Å². The molecule has 0 aliphatic carbocycles. The van der Waals surface area contributed by atoms with Crippen LogP contribution in [0.25, 0.3) is 11.4 Å². The molecule has 9 heteroatoms. The van der Waals surface area contributed by atoms with E-state index in [1.165, 1.54) is 23.1 Å². The fourth-order valence-electron chi connectivity index (χ4n) is 2.50. The molecule has 1 aliphatic rings. The second kappa shape index (κ2) is 7.18. The predicted octanol–water partition coefficient (Wildman–Crippen LogP) is 1.15. The number of rotatable bonds is 6. The van der Waals surface area contributed by atoms with Crippen molar-refractivity contribution in [3.63, 3.8) is 0 Å². The summed E-state index contributed by atoms with van der Waals surface area (Å²) in [5.41, 5.74) is 0.501. The van der Waals surface area contributed by atoms with Gasteiger partial charge in [-0.05, 0) is 12.8 Å². The highest BCUT2D eigenvalue weighted by atomic mass is 16.6. The second-order valence-corrected chi connectivity index (χ2v) is 5.51. The van der Waals surface area contributed by atoms with Gasteiger partial charge in [-0.15, -0.1) is 0 Å². The van der Waals surface area contributed by atoms with E-state index in [-0.39, 0.29) is 24.2 Å². The molecule has 1 saturated heterocycles. The highest BCUT2D eigenvalue weighted by Crippen LogP contribution is 2.20. The van der Waals surface area contributed by atoms with Crippen molar-refractivity contribution in [2.24, 2.45) is 0 Å². The first-order valence-electron chi connectivity index (χ1n) is 7.64. The van der Waals surface area contributed by atoms with Gasteiger partial charge in [-0.3, -0.25) is 14.9 Å². The van der Waals surface area contributed by atoms with Crippen molar-refractivity contribution < 1.29 is 14.5 Å². The summed E-state index contributed by atoms with van der Waals surface area (Å²) in [5.74, 6) is 0.159. The molecule has 1 amide bonds. The standard InChI is InChI=1S/C15H17N5O4/c21-14(16-8-13-5-2-6-24-13)9-19-10-17-15(18-19)11-3-1-4-12(7-11)20(22)23/h1,3-4,7,10,13H,2,5-6,8-9H2,(H,16,21). The van der Waals surface area contributed by atoms with Crippen molar-refractivity contribution in [1.29, 1.82) is 0 Å². The van der Waals surface area contributed by atoms with Gasteiger partial charge < -0.3 is 10.1 Å². The van der Waals surface area contributed by atoms with E-state index in [4.69, 9.17) is 4.74 Å². The topological polar surface area (TPSA) is 112 Å². The van der Waals surface area contributed by atoms with Crippen LogP contribution in [0.1, 0.15) is 12.8 Å². The summed E-state index contributed by atoms with van der Waals surface area (Å²) in [6.45, 7) is 1.27. The summed E-state index contributed by atoms with van der Waals surface area (Å²) in [6, 6.07) is 6.06. The van der Waals surface area contributed by atoms with Gasteiger partial charge in [-0.2, -0.15) is 5.10 Å². The van der Waals surface area contributed by atoms with Crippen LogP contribution in [-0.4, -0.2) is 44.9 Å². The Balaban J connectivity index is 1.59. The number of benzene rings is 1. The number of hydrogen-bond acceptors (Lipinski definition) is 6. The summed E-state index contributed by atoms with van der Waals surface area (Å²) in [6.07, 6.45) is 3.50. The number of nitrogens with zero attached hydrogens (tertiary/aromatic N) is 4. The number of carbonyl (C=O) groups is 1. The summed E-state index contributed by atoms with van der Waals surface area (Å²) in [7, 11) is 0. The van der Waals surface area contributed by atoms with Crippen molar-refractivity contribution in [2.45, 2.75) is 25.5 Å². The fraction of sp³-hybridized carbons (Fsp3) is 0.400. The third kappa shape index (κ3) is 3.93. The van der Waals surface area contributed by atoms with Gasteiger partial charge in [-0.25, -0.2) is 9.67 Å². The Morgan fingerprint density at radius 3 is 3.12 bits per heavy atom. The van der Waals surface area contributed by atoms with Crippen LogP contribution < -0.4 is 5.32 Å². The number of hydrogen-bond donors (Lipinski definition) is 1. The van der Waals surface area contributed by atoms with Gasteiger partial charge in [0.2, 0.25) is 5.91 Å². The molecule has 2 aromatic rings. The van der Waals surface area contributed by atoms with E-state index >= 15 is 0 Å². The minimum Gasteiger partial charge on any atom is -0.376 e. The molecule has 0 radical (unpaired) electrons. The normalized spacial score (nSPS) is 16.9. The summed E-state index contributed by atoms with van der Waals surface area (Å²) >= 11 is 0. The third-order valence-electron chi connectivity index (χ3n) is 3.71. The van der Waals surface area contributed by atoms with Crippen LogP contribution in [0.3, 0.4) is 0 Å². The second-order valence-electron chi connectivity index (χ2n) is 5.51. The van der Waals surface area contributed by atoms with Crippen LogP contribution >= 0.6 is 0 Å². The highest BCUT2D eigenvalue weighted by Gasteiger charge is 2.16. The molecule has 0 bridgehead atoms. The van der Waals surface area contributed by atoms with E-state index in [9.17, 15) is 14.9 Å². The number of nitrogens with one attached hydrogen (secondary N) is 1. The lowest BCUT2D eigenvalue weighted by Crippen LogP contribution is -2.34. The minimum absolute atomic E-state index is 0.0295. The molecule has 1 aromatic carbocycles. The van der Waals surface area contributed by atoms with Crippen LogP contribution in [0.5, 0.6) is 0 Å². The average Bonchev–Trinajstić information content (AvgIpc) is 3.25. The van der Waals surface area contributed by atoms with E-state index in [1.54, 1.807) is 12.1 Å². The number of non-ortho nitro benzene ring substituents is 1. The van der Waals surface area contributed by atoms with Crippen LogP contribution in [0.2, 0.25) is 0 Å². The molecule has 1 atom stereocenters. The molecule has 1 aliphatic heterocycles. The zero-order valence-corrected chi connectivity index (χ0v) is 12.9. The van der Waals surface area contributed by atoms with Crippen LogP contribution in [0.4, 0.5) is 5.69 Å². The lowest BCUT2D eigenvalue weighted by atomic mass is 10.2. The van der Waals surface area contributed by atoms with Crippen molar-refractivity contribution >= 4 is 11.6 Å². The van der Waals surface area contributed by atoms with E-state index in [0.29, 0.717) is 17.9 Å². The monoisotopic (exact) mass is 331 g/mol. The molecule has 1 unspecified atom stereocenters. The number of nitro groups is 1. The Morgan fingerprint density at radius 2 is 2.38 bits per heavy atom. The number of nitro benzene ring substituents is 1. The Hall–Kier alpha value is -2.81. The number of aromatic nitrogens is 3. The van der Waals surface area contributed by atoms with Gasteiger partial charge in [0.25, 0.3) is 5.69 Å². The maximum atomic E-state index is 11.9. The van der Waals surface area contributed by atoms with Crippen molar-refractivity contribution in [1.82, 2.24) is 20.1 Å². The number of carbonyl (C=O) groups excluding carboxylic acids is 1. The molecule has 1 aromatic heterocycles. The van der Waals surface area contributed by atoms with Gasteiger partial charge in [0.1, 0.15) is 12.9 Å². The molecule has 9 nitrogen and oxygen atoms in total. The summed E-state index contributed by atoms with van der Waals surface area (Å²) < 4.78 is 6.84. The first-order valence-corrected chi connectivity index (χ1v) is 7.64. The van der Waals surface area contributed by atoms with E-state index in [2.05, 4.69) is 15.4 Å². The Kier molecular flexibility index (Phi) is 4.80. The molecule has 24 heavy (non-hydrogen) atoms. The summed E-state index contributed by atoms with van der Waals surface area (Å²) in [5, 5.41) is 17.8. The van der Waals surface area contributed by atoms with E-state index < -0.39 is 4.92 Å². The zero-order chi connectivity index (χ0) is 16.9. The molecule has 1 fully saturated rings. The first-order chi connectivity index (χ1) is 11.6. The van der Waals surface area contributed by atoms with Gasteiger partial charge in [0.05, 0.1) is 11.0 Å².